The number of carbonyl (C=O) groups excluding carboxylic acids is 2. The summed E-state index contributed by atoms with van der Waals surface area (Å²) in [5.74, 6) is -0.113. The normalized spacial score (nSPS) is 21.1. The zero-order valence-corrected chi connectivity index (χ0v) is 19.3. The molecule has 8 heteroatoms. The summed E-state index contributed by atoms with van der Waals surface area (Å²) in [5, 5.41) is 11.9. The van der Waals surface area contributed by atoms with E-state index < -0.39 is 17.6 Å². The molecule has 2 aliphatic rings. The molecule has 2 saturated heterocycles. The third kappa shape index (κ3) is 5.23. The van der Waals surface area contributed by atoms with Gasteiger partial charge in [-0.3, -0.25) is 14.5 Å². The first-order chi connectivity index (χ1) is 15.3. The number of hydrogen-bond donors (Lipinski definition) is 2. The zero-order valence-electron chi connectivity index (χ0n) is 19.3. The van der Waals surface area contributed by atoms with Gasteiger partial charge in [0.15, 0.2) is 6.61 Å². The molecule has 2 N–H and O–H groups in total. The van der Waals surface area contributed by atoms with E-state index in [1.165, 1.54) is 0 Å². The summed E-state index contributed by atoms with van der Waals surface area (Å²) < 4.78 is 5.43. The monoisotopic (exact) mass is 445 g/mol. The van der Waals surface area contributed by atoms with Crippen LogP contribution >= 0.6 is 0 Å². The summed E-state index contributed by atoms with van der Waals surface area (Å²) in [5.41, 5.74) is 0.132. The summed E-state index contributed by atoms with van der Waals surface area (Å²) in [6, 6.07) is 6.99. The van der Waals surface area contributed by atoms with Crippen molar-refractivity contribution in [3.05, 3.63) is 29.8 Å². The summed E-state index contributed by atoms with van der Waals surface area (Å²) >= 11 is 0. The topological polar surface area (TPSA) is 99.2 Å². The molecular formula is C24H35N3O5. The molecule has 176 valence electrons. The molecule has 2 fully saturated rings. The molecule has 32 heavy (non-hydrogen) atoms. The molecule has 0 bridgehead atoms. The van der Waals surface area contributed by atoms with Crippen LogP contribution in [0.2, 0.25) is 0 Å². The first kappa shape index (κ1) is 24.0. The van der Waals surface area contributed by atoms with Gasteiger partial charge < -0.3 is 20.1 Å². The van der Waals surface area contributed by atoms with Crippen molar-refractivity contribution in [3.8, 4) is 5.75 Å². The van der Waals surface area contributed by atoms with Crippen molar-refractivity contribution in [2.75, 3.05) is 26.2 Å². The van der Waals surface area contributed by atoms with Crippen LogP contribution in [0.5, 0.6) is 5.75 Å². The van der Waals surface area contributed by atoms with Crippen molar-refractivity contribution in [1.29, 1.82) is 0 Å². The SMILES string of the molecule is CCCN1C(=O)C(CC(C)C)NC(=O)C12CCN(Cc1ccccc1OCC(=O)O)CC2. The fourth-order valence-electron chi connectivity index (χ4n) is 4.79. The van der Waals surface area contributed by atoms with Gasteiger partial charge in [0.2, 0.25) is 11.8 Å². The maximum atomic E-state index is 13.3. The third-order valence-corrected chi connectivity index (χ3v) is 6.36. The van der Waals surface area contributed by atoms with Crippen molar-refractivity contribution in [2.24, 2.45) is 5.92 Å². The highest BCUT2D eigenvalue weighted by Gasteiger charge is 2.53. The highest BCUT2D eigenvalue weighted by atomic mass is 16.5. The number of piperidine rings is 1. The second-order valence-electron chi connectivity index (χ2n) is 9.24. The quantitative estimate of drug-likeness (QED) is 0.605. The number of carboxylic acids is 1. The lowest BCUT2D eigenvalue weighted by Gasteiger charge is -2.52. The number of nitrogens with zero attached hydrogens (tertiary/aromatic N) is 2. The molecule has 1 aromatic rings. The van der Waals surface area contributed by atoms with Gasteiger partial charge >= 0.3 is 5.97 Å². The van der Waals surface area contributed by atoms with Crippen molar-refractivity contribution in [1.82, 2.24) is 15.1 Å². The Morgan fingerprint density at radius 3 is 2.56 bits per heavy atom. The van der Waals surface area contributed by atoms with E-state index in [0.717, 1.165) is 12.0 Å². The van der Waals surface area contributed by atoms with Crippen LogP contribution in [-0.2, 0) is 20.9 Å². The number of carbonyl (C=O) groups is 3. The Hall–Kier alpha value is -2.61. The van der Waals surface area contributed by atoms with Crippen LogP contribution in [0, 0.1) is 5.92 Å². The van der Waals surface area contributed by atoms with Crippen molar-refractivity contribution < 1.29 is 24.2 Å². The number of rotatable bonds is 9. The van der Waals surface area contributed by atoms with E-state index in [1.54, 1.807) is 6.07 Å². The molecule has 0 aromatic heterocycles. The fourth-order valence-corrected chi connectivity index (χ4v) is 4.79. The second-order valence-corrected chi connectivity index (χ2v) is 9.24. The van der Waals surface area contributed by atoms with E-state index in [-0.39, 0.29) is 18.4 Å². The Bertz CT molecular complexity index is 833. The molecule has 8 nitrogen and oxygen atoms in total. The van der Waals surface area contributed by atoms with Gasteiger partial charge in [-0.1, -0.05) is 39.0 Å². The highest BCUT2D eigenvalue weighted by molar-refractivity contribution is 6.00. The van der Waals surface area contributed by atoms with E-state index in [9.17, 15) is 14.4 Å². The van der Waals surface area contributed by atoms with Gasteiger partial charge in [-0.25, -0.2) is 4.79 Å². The Balaban J connectivity index is 1.70. The molecule has 0 saturated carbocycles. The summed E-state index contributed by atoms with van der Waals surface area (Å²) in [7, 11) is 0. The molecule has 0 radical (unpaired) electrons. The number of hydrogen-bond acceptors (Lipinski definition) is 5. The minimum Gasteiger partial charge on any atom is -0.482 e. The molecule has 1 spiro atoms. The maximum absolute atomic E-state index is 13.3. The van der Waals surface area contributed by atoms with Gasteiger partial charge in [-0.15, -0.1) is 0 Å². The predicted molar refractivity (Wildman–Crippen MR) is 120 cm³/mol. The van der Waals surface area contributed by atoms with Crippen molar-refractivity contribution in [3.63, 3.8) is 0 Å². The maximum Gasteiger partial charge on any atom is 0.341 e. The lowest BCUT2D eigenvalue weighted by atomic mass is 9.80. The van der Waals surface area contributed by atoms with Crippen LogP contribution in [0.25, 0.3) is 0 Å². The molecule has 2 aliphatic heterocycles. The lowest BCUT2D eigenvalue weighted by Crippen LogP contribution is -2.73. The van der Waals surface area contributed by atoms with Gasteiger partial charge in [0.1, 0.15) is 17.3 Å². The summed E-state index contributed by atoms with van der Waals surface area (Å²) in [4.78, 5) is 41.5. The fraction of sp³-hybridized carbons (Fsp3) is 0.625. The number of amides is 2. The zero-order chi connectivity index (χ0) is 23.3. The Labute approximate surface area is 189 Å². The number of carboxylic acid groups (broad SMARTS) is 1. The molecule has 1 aromatic carbocycles. The van der Waals surface area contributed by atoms with Crippen LogP contribution in [-0.4, -0.2) is 70.5 Å². The number of likely N-dealkylation sites (tertiary alicyclic amines) is 1. The predicted octanol–water partition coefficient (Wildman–Crippen LogP) is 2.27. The molecule has 1 atom stereocenters. The Morgan fingerprint density at radius 1 is 1.25 bits per heavy atom. The number of nitrogens with one attached hydrogen (secondary N) is 1. The van der Waals surface area contributed by atoms with Crippen LogP contribution < -0.4 is 10.1 Å². The van der Waals surface area contributed by atoms with E-state index in [0.29, 0.717) is 57.1 Å². The largest absolute Gasteiger partial charge is 0.482 e. The third-order valence-electron chi connectivity index (χ3n) is 6.36. The molecule has 2 heterocycles. The van der Waals surface area contributed by atoms with Crippen LogP contribution in [0.3, 0.4) is 0 Å². The number of aliphatic carboxylic acids is 1. The van der Waals surface area contributed by atoms with Gasteiger partial charge in [-0.2, -0.15) is 0 Å². The number of benzene rings is 1. The van der Waals surface area contributed by atoms with E-state index in [1.807, 2.05) is 30.0 Å². The van der Waals surface area contributed by atoms with E-state index in [4.69, 9.17) is 9.84 Å². The van der Waals surface area contributed by atoms with Crippen molar-refractivity contribution >= 4 is 17.8 Å². The van der Waals surface area contributed by atoms with Crippen LogP contribution in [0.4, 0.5) is 0 Å². The molecular weight excluding hydrogens is 410 g/mol. The van der Waals surface area contributed by atoms with E-state index in [2.05, 4.69) is 24.1 Å². The molecule has 2 amide bonds. The molecule has 0 aliphatic carbocycles. The van der Waals surface area contributed by atoms with Gasteiger partial charge in [0, 0.05) is 31.7 Å². The highest BCUT2D eigenvalue weighted by Crippen LogP contribution is 2.35. The summed E-state index contributed by atoms with van der Waals surface area (Å²) in [6.45, 7) is 8.30. The van der Waals surface area contributed by atoms with Crippen LogP contribution in [0.15, 0.2) is 24.3 Å². The average Bonchev–Trinajstić information content (AvgIpc) is 2.75. The molecule has 1 unspecified atom stereocenters. The summed E-state index contributed by atoms with van der Waals surface area (Å²) in [6.07, 6.45) is 2.63. The van der Waals surface area contributed by atoms with Gasteiger partial charge in [-0.05, 0) is 37.7 Å². The number of piperazine rings is 1. The van der Waals surface area contributed by atoms with E-state index >= 15 is 0 Å². The lowest BCUT2D eigenvalue weighted by molar-refractivity contribution is -0.161. The first-order valence-corrected chi connectivity index (χ1v) is 11.5. The Kier molecular flexibility index (Phi) is 7.77. The van der Waals surface area contributed by atoms with Gasteiger partial charge in [0.25, 0.3) is 0 Å². The number of ether oxygens (including phenoxy) is 1. The van der Waals surface area contributed by atoms with Crippen molar-refractivity contribution in [2.45, 2.75) is 64.6 Å². The smallest absolute Gasteiger partial charge is 0.341 e. The number of para-hydroxylation sites is 1. The Morgan fingerprint density at radius 2 is 1.94 bits per heavy atom. The van der Waals surface area contributed by atoms with Crippen LogP contribution in [0.1, 0.15) is 52.0 Å². The minimum absolute atomic E-state index is 0.0268. The minimum atomic E-state index is -1.01. The first-order valence-electron chi connectivity index (χ1n) is 11.5. The molecule has 3 rings (SSSR count). The van der Waals surface area contributed by atoms with Gasteiger partial charge in [0.05, 0.1) is 0 Å². The second kappa shape index (κ2) is 10.3. The average molecular weight is 446 g/mol. The standard InChI is InChI=1S/C24H35N3O5/c1-4-11-27-22(30)19(14-17(2)3)25-23(31)24(27)9-12-26(13-10-24)15-18-7-5-6-8-20(18)32-16-21(28)29/h5-8,17,19H,4,9-16H2,1-3H3,(H,25,31)(H,28,29).